The molecule has 12 heavy (non-hydrogen) atoms. The second-order valence-electron chi connectivity index (χ2n) is 2.92. The van der Waals surface area contributed by atoms with Crippen LogP contribution in [-0.4, -0.2) is 25.0 Å². The minimum absolute atomic E-state index is 0.303. The van der Waals surface area contributed by atoms with Crippen LogP contribution in [0.15, 0.2) is 0 Å². The van der Waals surface area contributed by atoms with Crippen molar-refractivity contribution in [2.75, 3.05) is 13.2 Å². The Morgan fingerprint density at radius 2 is 1.50 bits per heavy atom. The summed E-state index contributed by atoms with van der Waals surface area (Å²) in [5, 5.41) is 0. The van der Waals surface area contributed by atoms with Crippen LogP contribution in [0.5, 0.6) is 0 Å². The molecule has 4 N–H and O–H groups in total. The predicted octanol–water partition coefficient (Wildman–Crippen LogP) is -1.25. The molecule has 0 spiro atoms. The molecule has 2 amide bonds. The summed E-state index contributed by atoms with van der Waals surface area (Å²) in [6, 6.07) is 0. The Hall–Kier alpha value is -1.10. The van der Waals surface area contributed by atoms with Crippen molar-refractivity contribution in [2.24, 2.45) is 16.9 Å². The highest BCUT2D eigenvalue weighted by atomic mass is 16.5. The average molecular weight is 172 g/mol. The van der Waals surface area contributed by atoms with Crippen molar-refractivity contribution in [2.45, 2.75) is 12.8 Å². The summed E-state index contributed by atoms with van der Waals surface area (Å²) in [5.41, 5.74) is 9.05. The Balaban J connectivity index is 2.84. The van der Waals surface area contributed by atoms with Gasteiger partial charge in [0.2, 0.25) is 11.8 Å². The van der Waals surface area contributed by atoms with E-state index in [2.05, 4.69) is 0 Å². The number of carbonyl (C=O) groups is 2. The monoisotopic (exact) mass is 172 g/mol. The largest absolute Gasteiger partial charge is 0.381 e. The van der Waals surface area contributed by atoms with E-state index < -0.39 is 17.2 Å². The van der Waals surface area contributed by atoms with Gasteiger partial charge in [-0.3, -0.25) is 9.59 Å². The van der Waals surface area contributed by atoms with Gasteiger partial charge >= 0.3 is 0 Å². The number of carbonyl (C=O) groups excluding carboxylic acids is 2. The Kier molecular flexibility index (Phi) is 2.32. The first-order valence-electron chi connectivity index (χ1n) is 3.77. The molecule has 0 bridgehead atoms. The van der Waals surface area contributed by atoms with Gasteiger partial charge in [-0.1, -0.05) is 0 Å². The molecule has 68 valence electrons. The van der Waals surface area contributed by atoms with Crippen LogP contribution >= 0.6 is 0 Å². The number of nitrogens with two attached hydrogens (primary N) is 2. The van der Waals surface area contributed by atoms with E-state index in [1.807, 2.05) is 0 Å². The van der Waals surface area contributed by atoms with Crippen molar-refractivity contribution in [3.63, 3.8) is 0 Å². The highest BCUT2D eigenvalue weighted by Crippen LogP contribution is 2.29. The first-order chi connectivity index (χ1) is 5.59. The van der Waals surface area contributed by atoms with Crippen LogP contribution in [0, 0.1) is 5.41 Å². The minimum Gasteiger partial charge on any atom is -0.381 e. The summed E-state index contributed by atoms with van der Waals surface area (Å²) in [6.45, 7) is 0.734. The minimum atomic E-state index is -1.17. The standard InChI is InChI=1S/C7H12N2O3/c8-5(10)7(6(9)11)1-3-12-4-2-7/h1-4H2,(H2,8,10)(H2,9,11). The molecule has 1 rings (SSSR count). The Morgan fingerprint density at radius 1 is 1.08 bits per heavy atom. The van der Waals surface area contributed by atoms with Crippen molar-refractivity contribution in [3.05, 3.63) is 0 Å². The van der Waals surface area contributed by atoms with Gasteiger partial charge < -0.3 is 16.2 Å². The van der Waals surface area contributed by atoms with Gasteiger partial charge in [0.15, 0.2) is 0 Å². The van der Waals surface area contributed by atoms with Crippen LogP contribution in [0.4, 0.5) is 0 Å². The van der Waals surface area contributed by atoms with Crippen LogP contribution < -0.4 is 11.5 Å². The van der Waals surface area contributed by atoms with Gasteiger partial charge in [-0.2, -0.15) is 0 Å². The Bertz CT molecular complexity index is 193. The number of hydrogen-bond donors (Lipinski definition) is 2. The SMILES string of the molecule is NC(=O)C1(C(N)=O)CCOCC1. The van der Waals surface area contributed by atoms with Crippen molar-refractivity contribution in [3.8, 4) is 0 Å². The van der Waals surface area contributed by atoms with Gasteiger partial charge in [-0.05, 0) is 12.8 Å². The zero-order valence-electron chi connectivity index (χ0n) is 6.71. The van der Waals surface area contributed by atoms with E-state index in [0.29, 0.717) is 26.1 Å². The van der Waals surface area contributed by atoms with Crippen molar-refractivity contribution in [1.29, 1.82) is 0 Å². The van der Waals surface area contributed by atoms with Gasteiger partial charge in [-0.25, -0.2) is 0 Å². The molecule has 0 aromatic rings. The molecule has 5 nitrogen and oxygen atoms in total. The molecule has 1 aliphatic heterocycles. The number of hydrogen-bond acceptors (Lipinski definition) is 3. The van der Waals surface area contributed by atoms with Crippen LogP contribution in [0.25, 0.3) is 0 Å². The summed E-state index contributed by atoms with van der Waals surface area (Å²) < 4.78 is 5.01. The lowest BCUT2D eigenvalue weighted by molar-refractivity contribution is -0.146. The first kappa shape index (κ1) is 8.99. The summed E-state index contributed by atoms with van der Waals surface area (Å²) in [4.78, 5) is 22.0. The summed E-state index contributed by atoms with van der Waals surface area (Å²) in [5.74, 6) is -1.28. The molecular formula is C7H12N2O3. The van der Waals surface area contributed by atoms with E-state index in [9.17, 15) is 9.59 Å². The molecule has 0 aromatic carbocycles. The zero-order chi connectivity index (χ0) is 9.19. The maximum Gasteiger partial charge on any atom is 0.233 e. The van der Waals surface area contributed by atoms with Crippen LogP contribution in [0.1, 0.15) is 12.8 Å². The molecule has 5 heteroatoms. The van der Waals surface area contributed by atoms with E-state index in [4.69, 9.17) is 16.2 Å². The third kappa shape index (κ3) is 1.27. The lowest BCUT2D eigenvalue weighted by Crippen LogP contribution is -2.50. The highest BCUT2D eigenvalue weighted by Gasteiger charge is 2.43. The highest BCUT2D eigenvalue weighted by molar-refractivity contribution is 6.03. The second kappa shape index (κ2) is 3.10. The predicted molar refractivity (Wildman–Crippen MR) is 40.9 cm³/mol. The van der Waals surface area contributed by atoms with Gasteiger partial charge in [0.05, 0.1) is 0 Å². The van der Waals surface area contributed by atoms with E-state index in [0.717, 1.165) is 0 Å². The van der Waals surface area contributed by atoms with E-state index >= 15 is 0 Å². The number of amides is 2. The second-order valence-corrected chi connectivity index (χ2v) is 2.92. The Morgan fingerprint density at radius 3 is 1.75 bits per heavy atom. The third-order valence-corrected chi connectivity index (χ3v) is 2.29. The fourth-order valence-corrected chi connectivity index (χ4v) is 1.33. The number of ether oxygens (including phenoxy) is 1. The molecular weight excluding hydrogens is 160 g/mol. The van der Waals surface area contributed by atoms with Gasteiger partial charge in [0, 0.05) is 13.2 Å². The molecule has 0 saturated carbocycles. The topological polar surface area (TPSA) is 95.4 Å². The fourth-order valence-electron chi connectivity index (χ4n) is 1.33. The molecule has 0 unspecified atom stereocenters. The molecule has 0 atom stereocenters. The molecule has 0 aliphatic carbocycles. The van der Waals surface area contributed by atoms with E-state index in [1.165, 1.54) is 0 Å². The lowest BCUT2D eigenvalue weighted by Gasteiger charge is -2.30. The number of primary amides is 2. The third-order valence-electron chi connectivity index (χ3n) is 2.29. The first-order valence-corrected chi connectivity index (χ1v) is 3.77. The summed E-state index contributed by atoms with van der Waals surface area (Å²) >= 11 is 0. The van der Waals surface area contributed by atoms with Crippen LogP contribution in [0.3, 0.4) is 0 Å². The molecule has 1 saturated heterocycles. The fraction of sp³-hybridized carbons (Fsp3) is 0.714. The maximum absolute atomic E-state index is 11.0. The van der Waals surface area contributed by atoms with Gasteiger partial charge in [-0.15, -0.1) is 0 Å². The maximum atomic E-state index is 11.0. The summed E-state index contributed by atoms with van der Waals surface area (Å²) in [7, 11) is 0. The normalized spacial score (nSPS) is 21.7. The lowest BCUT2D eigenvalue weighted by atomic mass is 9.79. The van der Waals surface area contributed by atoms with Crippen LogP contribution in [-0.2, 0) is 14.3 Å². The van der Waals surface area contributed by atoms with Crippen molar-refractivity contribution < 1.29 is 14.3 Å². The smallest absolute Gasteiger partial charge is 0.233 e. The Labute approximate surface area is 70.0 Å². The molecule has 1 heterocycles. The molecule has 1 aliphatic rings. The van der Waals surface area contributed by atoms with Crippen LogP contribution in [0.2, 0.25) is 0 Å². The molecule has 0 radical (unpaired) electrons. The van der Waals surface area contributed by atoms with E-state index in [1.54, 1.807) is 0 Å². The molecule has 1 fully saturated rings. The number of rotatable bonds is 2. The van der Waals surface area contributed by atoms with Crippen molar-refractivity contribution in [1.82, 2.24) is 0 Å². The quantitative estimate of drug-likeness (QED) is 0.509. The summed E-state index contributed by atoms with van der Waals surface area (Å²) in [6.07, 6.45) is 0.606. The van der Waals surface area contributed by atoms with E-state index in [-0.39, 0.29) is 0 Å². The van der Waals surface area contributed by atoms with Gasteiger partial charge in [0.1, 0.15) is 5.41 Å². The zero-order valence-corrected chi connectivity index (χ0v) is 6.71. The van der Waals surface area contributed by atoms with Gasteiger partial charge in [0.25, 0.3) is 0 Å². The molecule has 0 aromatic heterocycles. The average Bonchev–Trinajstić information content (AvgIpc) is 2.05. The van der Waals surface area contributed by atoms with Crippen molar-refractivity contribution >= 4 is 11.8 Å².